The summed E-state index contributed by atoms with van der Waals surface area (Å²) in [6.45, 7) is 0.635. The molecule has 1 amide bonds. The normalized spacial score (nSPS) is 17.3. The zero-order chi connectivity index (χ0) is 16.5. The van der Waals surface area contributed by atoms with Gasteiger partial charge in [-0.25, -0.2) is 0 Å². The Morgan fingerprint density at radius 2 is 2.21 bits per heavy atom. The summed E-state index contributed by atoms with van der Waals surface area (Å²) in [6.07, 6.45) is 5.05. The van der Waals surface area contributed by atoms with Crippen molar-refractivity contribution in [1.82, 2.24) is 20.0 Å². The van der Waals surface area contributed by atoms with E-state index in [1.54, 1.807) is 4.68 Å². The Morgan fingerprint density at radius 3 is 2.96 bits per heavy atom. The Bertz CT molecular complexity index is 899. The first kappa shape index (κ1) is 14.8. The van der Waals surface area contributed by atoms with Gasteiger partial charge in [0, 0.05) is 30.8 Å². The third-order valence-corrected chi connectivity index (χ3v) is 4.10. The highest BCUT2D eigenvalue weighted by Gasteiger charge is 2.23. The van der Waals surface area contributed by atoms with Crippen molar-refractivity contribution in [2.24, 2.45) is 7.05 Å². The number of rotatable bonds is 3. The lowest BCUT2D eigenvalue weighted by Crippen LogP contribution is -2.27. The molecule has 2 aromatic heterocycles. The van der Waals surface area contributed by atoms with Gasteiger partial charge >= 0.3 is 0 Å². The maximum absolute atomic E-state index is 12.1. The number of aryl methyl sites for hydroxylation is 1. The van der Waals surface area contributed by atoms with Gasteiger partial charge in [0.25, 0.3) is 5.91 Å². The molecule has 1 saturated heterocycles. The summed E-state index contributed by atoms with van der Waals surface area (Å²) >= 11 is 0. The van der Waals surface area contributed by atoms with Crippen molar-refractivity contribution in [3.8, 4) is 11.1 Å². The Balaban J connectivity index is 1.62. The maximum Gasteiger partial charge on any atom is 0.254 e. The van der Waals surface area contributed by atoms with Crippen LogP contribution in [0.15, 0.2) is 36.7 Å². The molecule has 1 N–H and O–H groups in total. The molecule has 1 atom stereocenters. The summed E-state index contributed by atoms with van der Waals surface area (Å²) in [6, 6.07) is 7.74. The van der Waals surface area contributed by atoms with E-state index in [2.05, 4.69) is 20.6 Å². The van der Waals surface area contributed by atoms with Gasteiger partial charge in [-0.3, -0.25) is 9.48 Å². The third-order valence-electron chi connectivity index (χ3n) is 4.10. The van der Waals surface area contributed by atoms with Gasteiger partial charge in [0.2, 0.25) is 0 Å². The molecule has 0 radical (unpaired) electrons. The van der Waals surface area contributed by atoms with Crippen LogP contribution in [-0.2, 0) is 16.6 Å². The van der Waals surface area contributed by atoms with E-state index >= 15 is 0 Å². The van der Waals surface area contributed by atoms with Crippen molar-refractivity contribution < 1.29 is 9.53 Å². The predicted octanol–water partition coefficient (Wildman–Crippen LogP) is 2.15. The summed E-state index contributed by atoms with van der Waals surface area (Å²) in [5.41, 5.74) is 2.85. The van der Waals surface area contributed by atoms with Crippen LogP contribution in [0, 0.1) is 0 Å². The molecule has 122 valence electrons. The molecule has 3 heterocycles. The molecule has 3 aromatic rings. The molecule has 7 heteroatoms. The van der Waals surface area contributed by atoms with Crippen molar-refractivity contribution in [3.05, 3.63) is 36.7 Å². The number of benzene rings is 1. The summed E-state index contributed by atoms with van der Waals surface area (Å²) in [4.78, 5) is 12.1. The number of hydrogen-bond acceptors (Lipinski definition) is 5. The molecule has 7 nitrogen and oxygen atoms in total. The van der Waals surface area contributed by atoms with Crippen LogP contribution >= 0.6 is 0 Å². The molecule has 1 aliphatic rings. The molecule has 0 aliphatic carbocycles. The second-order valence-corrected chi connectivity index (χ2v) is 5.90. The standard InChI is InChI=1S/C17H17N5O2/c1-22-10-13(9-18-22)11-4-5-14-12(7-11)8-16(21-20-14)19-17(23)15-3-2-6-24-15/h4-5,7-10,15H,2-3,6H2,1H3,(H,19,21,23)/t15-/m0/s1. The fourth-order valence-electron chi connectivity index (χ4n) is 2.85. The lowest BCUT2D eigenvalue weighted by atomic mass is 10.1. The molecular weight excluding hydrogens is 306 g/mol. The second-order valence-electron chi connectivity index (χ2n) is 5.90. The lowest BCUT2D eigenvalue weighted by molar-refractivity contribution is -0.124. The lowest BCUT2D eigenvalue weighted by Gasteiger charge is -2.10. The molecular formula is C17H17N5O2. The molecule has 1 aliphatic heterocycles. The monoisotopic (exact) mass is 323 g/mol. The van der Waals surface area contributed by atoms with Gasteiger partial charge in [-0.05, 0) is 36.6 Å². The van der Waals surface area contributed by atoms with Crippen LogP contribution in [0.5, 0.6) is 0 Å². The molecule has 1 fully saturated rings. The van der Waals surface area contributed by atoms with Crippen molar-refractivity contribution >= 4 is 22.6 Å². The highest BCUT2D eigenvalue weighted by Crippen LogP contribution is 2.24. The van der Waals surface area contributed by atoms with E-state index in [4.69, 9.17) is 4.74 Å². The smallest absolute Gasteiger partial charge is 0.254 e. The van der Waals surface area contributed by atoms with Crippen molar-refractivity contribution in [2.45, 2.75) is 18.9 Å². The minimum Gasteiger partial charge on any atom is -0.368 e. The summed E-state index contributed by atoms with van der Waals surface area (Å²) in [5, 5.41) is 16.1. The maximum atomic E-state index is 12.1. The van der Waals surface area contributed by atoms with Crippen molar-refractivity contribution in [1.29, 1.82) is 0 Å². The number of fused-ring (bicyclic) bond motifs is 1. The van der Waals surface area contributed by atoms with Crippen LogP contribution in [0.3, 0.4) is 0 Å². The van der Waals surface area contributed by atoms with Crippen molar-refractivity contribution in [2.75, 3.05) is 11.9 Å². The minimum atomic E-state index is -0.385. The highest BCUT2D eigenvalue weighted by molar-refractivity contribution is 5.95. The fraction of sp³-hybridized carbons (Fsp3) is 0.294. The molecule has 24 heavy (non-hydrogen) atoms. The summed E-state index contributed by atoms with van der Waals surface area (Å²) in [5.74, 6) is 0.274. The third kappa shape index (κ3) is 2.85. The van der Waals surface area contributed by atoms with E-state index in [-0.39, 0.29) is 12.0 Å². The van der Waals surface area contributed by atoms with Crippen LogP contribution in [0.2, 0.25) is 0 Å². The number of carbonyl (C=O) groups is 1. The number of carbonyl (C=O) groups excluding carboxylic acids is 1. The second kappa shape index (κ2) is 6.01. The van der Waals surface area contributed by atoms with E-state index in [9.17, 15) is 4.79 Å². The average molecular weight is 323 g/mol. The Kier molecular flexibility index (Phi) is 3.70. The number of anilines is 1. The first-order chi connectivity index (χ1) is 11.7. The number of nitrogens with zero attached hydrogens (tertiary/aromatic N) is 4. The van der Waals surface area contributed by atoms with Gasteiger partial charge in [-0.2, -0.15) is 5.10 Å². The number of aromatic nitrogens is 4. The van der Waals surface area contributed by atoms with Crippen molar-refractivity contribution in [3.63, 3.8) is 0 Å². The fourth-order valence-corrected chi connectivity index (χ4v) is 2.85. The first-order valence-corrected chi connectivity index (χ1v) is 7.88. The zero-order valence-electron chi connectivity index (χ0n) is 13.3. The summed E-state index contributed by atoms with van der Waals surface area (Å²) in [7, 11) is 1.88. The molecule has 4 rings (SSSR count). The van der Waals surface area contributed by atoms with Gasteiger partial charge in [0.15, 0.2) is 5.82 Å². The molecule has 0 spiro atoms. The van der Waals surface area contributed by atoms with Gasteiger partial charge in [-0.15, -0.1) is 10.2 Å². The number of ether oxygens (including phenoxy) is 1. The number of hydrogen-bond donors (Lipinski definition) is 1. The quantitative estimate of drug-likeness (QED) is 0.798. The molecule has 1 aromatic carbocycles. The summed E-state index contributed by atoms with van der Waals surface area (Å²) < 4.78 is 7.15. The van der Waals surface area contributed by atoms with Gasteiger partial charge in [0.1, 0.15) is 6.10 Å². The zero-order valence-corrected chi connectivity index (χ0v) is 13.3. The Hall–Kier alpha value is -2.80. The van der Waals surface area contributed by atoms with Crippen LogP contribution in [0.4, 0.5) is 5.82 Å². The average Bonchev–Trinajstić information content (AvgIpc) is 3.25. The van der Waals surface area contributed by atoms with E-state index in [1.807, 2.05) is 43.7 Å². The van der Waals surface area contributed by atoms with Crippen LogP contribution in [-0.4, -0.2) is 38.6 Å². The Morgan fingerprint density at radius 1 is 1.29 bits per heavy atom. The van der Waals surface area contributed by atoms with Crippen LogP contribution in [0.25, 0.3) is 22.0 Å². The van der Waals surface area contributed by atoms with Crippen LogP contribution in [0.1, 0.15) is 12.8 Å². The molecule has 0 bridgehead atoms. The Labute approximate surface area is 138 Å². The minimum absolute atomic E-state index is 0.162. The SMILES string of the molecule is Cn1cc(-c2ccc3nnc(NC(=O)[C@@H]4CCCO4)cc3c2)cn1. The first-order valence-electron chi connectivity index (χ1n) is 7.88. The van der Waals surface area contributed by atoms with E-state index < -0.39 is 0 Å². The van der Waals surface area contributed by atoms with Gasteiger partial charge < -0.3 is 10.1 Å². The molecule has 0 saturated carbocycles. The number of amides is 1. The highest BCUT2D eigenvalue weighted by atomic mass is 16.5. The largest absolute Gasteiger partial charge is 0.368 e. The van der Waals surface area contributed by atoms with Gasteiger partial charge in [-0.1, -0.05) is 6.07 Å². The van der Waals surface area contributed by atoms with E-state index in [0.29, 0.717) is 12.4 Å². The number of nitrogens with one attached hydrogen (secondary N) is 1. The predicted molar refractivity (Wildman–Crippen MR) is 89.3 cm³/mol. The van der Waals surface area contributed by atoms with E-state index in [1.165, 1.54) is 0 Å². The van der Waals surface area contributed by atoms with Gasteiger partial charge in [0.05, 0.1) is 11.7 Å². The topological polar surface area (TPSA) is 81.9 Å². The van der Waals surface area contributed by atoms with E-state index in [0.717, 1.165) is 34.9 Å². The molecule has 0 unspecified atom stereocenters. The van der Waals surface area contributed by atoms with Crippen LogP contribution < -0.4 is 5.32 Å².